The van der Waals surface area contributed by atoms with Crippen molar-refractivity contribution in [1.82, 2.24) is 30.2 Å². The Morgan fingerprint density at radius 3 is 2.50 bits per heavy atom. The minimum Gasteiger partial charge on any atom is -0.458 e. The number of rotatable bonds is 7. The maximum absolute atomic E-state index is 13.5. The SMILES string of the molecule is [B][C@@H]1[C@@H](C)C(=O)[C@@H](C)C(=O)O[C@H](CC)[C@@]2(C)OC(=O)N(CCCn3cc(-c4ccccn4)nn3)[C@@H]2[C@@H](C)NC[C@H](C)C[C@@]1(C)OC. The number of cyclic esters (lactones) is 1. The topological polar surface area (TPSA) is 138 Å². The van der Waals surface area contributed by atoms with Gasteiger partial charge in [0.2, 0.25) is 0 Å². The first kappa shape index (κ1) is 35.5. The molecule has 4 rings (SSSR count). The summed E-state index contributed by atoms with van der Waals surface area (Å²) in [5, 5.41) is 12.1. The molecule has 0 aliphatic carbocycles. The maximum atomic E-state index is 13.5. The summed E-state index contributed by atoms with van der Waals surface area (Å²) in [4.78, 5) is 46.6. The summed E-state index contributed by atoms with van der Waals surface area (Å²) in [6.45, 7) is 14.5. The van der Waals surface area contributed by atoms with E-state index in [0.29, 0.717) is 44.6 Å². The van der Waals surface area contributed by atoms with E-state index in [1.165, 1.54) is 0 Å². The molecule has 2 aliphatic heterocycles. The number of pyridine rings is 1. The van der Waals surface area contributed by atoms with E-state index < -0.39 is 53.1 Å². The zero-order valence-corrected chi connectivity index (χ0v) is 28.4. The Kier molecular flexibility index (Phi) is 11.3. The van der Waals surface area contributed by atoms with Crippen LogP contribution < -0.4 is 5.32 Å². The minimum absolute atomic E-state index is 0.113. The molecular formula is C33H49BN6O6. The van der Waals surface area contributed by atoms with Gasteiger partial charge in [0.1, 0.15) is 23.5 Å². The summed E-state index contributed by atoms with van der Waals surface area (Å²) in [5.41, 5.74) is -0.582. The second kappa shape index (κ2) is 14.6. The van der Waals surface area contributed by atoms with Gasteiger partial charge in [-0.15, -0.1) is 5.10 Å². The van der Waals surface area contributed by atoms with Gasteiger partial charge < -0.3 is 19.5 Å². The first-order valence-corrected chi connectivity index (χ1v) is 16.3. The molecule has 1 amide bonds. The van der Waals surface area contributed by atoms with Crippen molar-refractivity contribution >= 4 is 25.7 Å². The van der Waals surface area contributed by atoms with Gasteiger partial charge in [-0.05, 0) is 77.4 Å². The molecule has 2 aromatic rings. The highest BCUT2D eigenvalue weighted by atomic mass is 16.6. The van der Waals surface area contributed by atoms with Gasteiger partial charge in [0.25, 0.3) is 0 Å². The summed E-state index contributed by atoms with van der Waals surface area (Å²) < 4.78 is 19.8. The second-order valence-corrected chi connectivity index (χ2v) is 13.4. The molecule has 2 aromatic heterocycles. The Balaban J connectivity index is 1.59. The molecule has 2 saturated heterocycles. The molecule has 2 fully saturated rings. The predicted octanol–water partition coefficient (Wildman–Crippen LogP) is 3.85. The van der Waals surface area contributed by atoms with Crippen LogP contribution in [0.2, 0.25) is 5.82 Å². The smallest absolute Gasteiger partial charge is 0.410 e. The lowest BCUT2D eigenvalue weighted by atomic mass is 9.62. The Morgan fingerprint density at radius 2 is 1.85 bits per heavy atom. The van der Waals surface area contributed by atoms with Crippen molar-refractivity contribution in [1.29, 1.82) is 0 Å². The molecule has 0 unspecified atom stereocenters. The van der Waals surface area contributed by atoms with Crippen molar-refractivity contribution in [2.45, 2.75) is 109 Å². The molecule has 13 heteroatoms. The average Bonchev–Trinajstić information content (AvgIpc) is 3.62. The van der Waals surface area contributed by atoms with E-state index in [0.717, 1.165) is 5.69 Å². The van der Waals surface area contributed by atoms with Crippen molar-refractivity contribution in [3.63, 3.8) is 0 Å². The zero-order chi connectivity index (χ0) is 33.8. The molecule has 12 nitrogen and oxygen atoms in total. The van der Waals surface area contributed by atoms with Crippen molar-refractivity contribution in [2.24, 2.45) is 17.8 Å². The number of esters is 1. The van der Waals surface area contributed by atoms with Crippen LogP contribution >= 0.6 is 0 Å². The normalized spacial score (nSPS) is 34.7. The molecule has 0 saturated carbocycles. The Hall–Kier alpha value is -3.32. The molecule has 2 radical (unpaired) electrons. The molecule has 250 valence electrons. The monoisotopic (exact) mass is 636 g/mol. The lowest BCUT2D eigenvalue weighted by Gasteiger charge is -2.41. The minimum atomic E-state index is -1.18. The van der Waals surface area contributed by atoms with Crippen LogP contribution in [0, 0.1) is 17.8 Å². The van der Waals surface area contributed by atoms with E-state index in [1.54, 1.807) is 36.7 Å². The van der Waals surface area contributed by atoms with Crippen LogP contribution in [-0.2, 0) is 30.3 Å². The number of ether oxygens (including phenoxy) is 3. The van der Waals surface area contributed by atoms with Crippen LogP contribution in [0.1, 0.15) is 67.7 Å². The average molecular weight is 637 g/mol. The van der Waals surface area contributed by atoms with Gasteiger partial charge >= 0.3 is 12.1 Å². The number of amides is 1. The second-order valence-electron chi connectivity index (χ2n) is 13.4. The van der Waals surface area contributed by atoms with E-state index >= 15 is 0 Å². The van der Waals surface area contributed by atoms with Crippen LogP contribution in [0.4, 0.5) is 4.79 Å². The van der Waals surface area contributed by atoms with Crippen LogP contribution in [-0.4, -0.2) is 100 Å². The number of methoxy groups -OCH3 is 1. The molecule has 4 heterocycles. The number of Topliss-reactive ketones (excluding diaryl/α,β-unsaturated/α-hetero) is 1. The summed E-state index contributed by atoms with van der Waals surface area (Å²) in [7, 11) is 8.24. The summed E-state index contributed by atoms with van der Waals surface area (Å²) >= 11 is 0. The highest BCUT2D eigenvalue weighted by molar-refractivity contribution is 6.15. The van der Waals surface area contributed by atoms with E-state index in [1.807, 2.05) is 52.1 Å². The van der Waals surface area contributed by atoms with Crippen LogP contribution in [0.5, 0.6) is 0 Å². The van der Waals surface area contributed by atoms with Crippen LogP contribution in [0.3, 0.4) is 0 Å². The number of carbonyl (C=O) groups is 3. The van der Waals surface area contributed by atoms with Crippen molar-refractivity contribution in [3.05, 3.63) is 30.6 Å². The van der Waals surface area contributed by atoms with E-state index in [9.17, 15) is 14.4 Å². The number of hydrogen-bond acceptors (Lipinski definition) is 10. The Labute approximate surface area is 273 Å². The molecular weight excluding hydrogens is 587 g/mol. The number of fused-ring (bicyclic) bond motifs is 1. The largest absolute Gasteiger partial charge is 0.458 e. The number of hydrogen-bond donors (Lipinski definition) is 1. The van der Waals surface area contributed by atoms with Gasteiger partial charge in [-0.3, -0.25) is 24.2 Å². The predicted molar refractivity (Wildman–Crippen MR) is 173 cm³/mol. The molecule has 1 N–H and O–H groups in total. The first-order valence-electron chi connectivity index (χ1n) is 16.3. The quantitative estimate of drug-likeness (QED) is 0.271. The van der Waals surface area contributed by atoms with Crippen LogP contribution in [0.25, 0.3) is 11.4 Å². The highest BCUT2D eigenvalue weighted by Gasteiger charge is 2.58. The molecule has 2 aliphatic rings. The fourth-order valence-corrected chi connectivity index (χ4v) is 7.11. The number of carbonyl (C=O) groups excluding carboxylic acids is 3. The van der Waals surface area contributed by atoms with Gasteiger partial charge in [-0.25, -0.2) is 4.79 Å². The Bertz CT molecular complexity index is 1360. The Morgan fingerprint density at radius 1 is 1.11 bits per heavy atom. The zero-order valence-electron chi connectivity index (χ0n) is 28.4. The number of aryl methyl sites for hydroxylation is 1. The number of nitrogens with one attached hydrogen (secondary N) is 1. The first-order chi connectivity index (χ1) is 21.8. The summed E-state index contributed by atoms with van der Waals surface area (Å²) in [6, 6.07) is 4.90. The van der Waals surface area contributed by atoms with Gasteiger partial charge in [0.05, 0.1) is 31.4 Å². The fourth-order valence-electron chi connectivity index (χ4n) is 7.11. The number of nitrogens with zero attached hydrogens (tertiary/aromatic N) is 5. The van der Waals surface area contributed by atoms with Gasteiger partial charge in [0.15, 0.2) is 5.60 Å². The van der Waals surface area contributed by atoms with Gasteiger partial charge in [-0.2, -0.15) is 0 Å². The third-order valence-electron chi connectivity index (χ3n) is 9.94. The molecule has 0 bridgehead atoms. The summed E-state index contributed by atoms with van der Waals surface area (Å²) in [5.74, 6) is -3.20. The lowest BCUT2D eigenvalue weighted by Crippen LogP contribution is -2.61. The lowest BCUT2D eigenvalue weighted by molar-refractivity contribution is -0.170. The van der Waals surface area contributed by atoms with E-state index in [4.69, 9.17) is 22.1 Å². The summed E-state index contributed by atoms with van der Waals surface area (Å²) in [6.07, 6.45) is 3.83. The molecule has 9 atom stereocenters. The van der Waals surface area contributed by atoms with Gasteiger partial charge in [-0.1, -0.05) is 32.1 Å². The number of ketones is 1. The van der Waals surface area contributed by atoms with Crippen molar-refractivity contribution in [2.75, 3.05) is 20.2 Å². The van der Waals surface area contributed by atoms with E-state index in [2.05, 4.69) is 27.5 Å². The number of aromatic nitrogens is 4. The third kappa shape index (κ3) is 7.30. The molecule has 46 heavy (non-hydrogen) atoms. The third-order valence-corrected chi connectivity index (χ3v) is 9.94. The fraction of sp³-hybridized carbons (Fsp3) is 0.697. The van der Waals surface area contributed by atoms with Crippen molar-refractivity contribution in [3.8, 4) is 11.4 Å². The van der Waals surface area contributed by atoms with Crippen LogP contribution in [0.15, 0.2) is 30.6 Å². The standard InChI is InChI=1S/C33H49BN6O6/c1-9-26-33(7)29(40(31(43)46-33)16-12-15-39-19-25(37-38-39)24-13-10-11-14-35-24)23(5)36-18-20(2)17-32(6,44-8)28(34)21(3)27(41)22(4)30(42)45-26/h10-11,13-14,19-23,26,28-29,36H,9,12,15-18H2,1-8H3/t20-,21+,22-,23-,26-,28-,29-,32-,33-/m1/s1. The van der Waals surface area contributed by atoms with E-state index in [-0.39, 0.29) is 17.7 Å². The molecule has 0 spiro atoms. The molecule has 0 aromatic carbocycles. The van der Waals surface area contributed by atoms with Gasteiger partial charge in [0, 0.05) is 38.4 Å². The maximum Gasteiger partial charge on any atom is 0.410 e. The highest BCUT2D eigenvalue weighted by Crippen LogP contribution is 2.40. The van der Waals surface area contributed by atoms with Crippen molar-refractivity contribution < 1.29 is 28.6 Å².